The molecule has 0 aliphatic carbocycles. The lowest BCUT2D eigenvalue weighted by molar-refractivity contribution is 0.131. The first-order valence-electron chi connectivity index (χ1n) is 4.93. The molecule has 0 aliphatic rings. The van der Waals surface area contributed by atoms with E-state index in [-0.39, 0.29) is 5.60 Å². The molecule has 1 rings (SSSR count). The molecular formula is C13H18O. The third kappa shape index (κ3) is 3.65. The highest BCUT2D eigenvalue weighted by Gasteiger charge is 2.11. The van der Waals surface area contributed by atoms with Crippen LogP contribution in [0.25, 0.3) is 6.08 Å². The molecule has 0 fully saturated rings. The van der Waals surface area contributed by atoms with Gasteiger partial charge in [-0.15, -0.1) is 0 Å². The summed E-state index contributed by atoms with van der Waals surface area (Å²) in [6.07, 6.45) is 4.09. The number of benzene rings is 1. The summed E-state index contributed by atoms with van der Waals surface area (Å²) < 4.78 is 5.75. The molecule has 0 unspecified atom stereocenters. The van der Waals surface area contributed by atoms with E-state index < -0.39 is 0 Å². The summed E-state index contributed by atoms with van der Waals surface area (Å²) in [5.74, 6) is 0.924. The van der Waals surface area contributed by atoms with E-state index in [2.05, 4.69) is 32.9 Å². The molecule has 0 saturated heterocycles. The maximum absolute atomic E-state index is 5.75. The third-order valence-electron chi connectivity index (χ3n) is 1.64. The normalized spacial score (nSPS) is 12.0. The molecule has 0 saturated carbocycles. The Bertz CT molecular complexity index is 318. The van der Waals surface area contributed by atoms with E-state index in [1.165, 1.54) is 5.56 Å². The van der Waals surface area contributed by atoms with E-state index >= 15 is 0 Å². The summed E-state index contributed by atoms with van der Waals surface area (Å²) in [5.41, 5.74) is 1.04. The minimum atomic E-state index is -0.130. The van der Waals surface area contributed by atoms with Crippen LogP contribution in [-0.4, -0.2) is 5.60 Å². The van der Waals surface area contributed by atoms with Crippen LogP contribution in [-0.2, 0) is 0 Å². The monoisotopic (exact) mass is 190 g/mol. The average molecular weight is 190 g/mol. The molecule has 0 radical (unpaired) electrons. The van der Waals surface area contributed by atoms with Gasteiger partial charge in [0.2, 0.25) is 0 Å². The van der Waals surface area contributed by atoms with Crippen LogP contribution >= 0.6 is 0 Å². The number of ether oxygens (including phenoxy) is 1. The van der Waals surface area contributed by atoms with Crippen molar-refractivity contribution in [1.82, 2.24) is 0 Å². The second-order valence-electron chi connectivity index (χ2n) is 4.29. The highest BCUT2D eigenvalue weighted by Crippen LogP contribution is 2.19. The zero-order valence-electron chi connectivity index (χ0n) is 9.37. The Labute approximate surface area is 86.4 Å². The number of allylic oxidation sites excluding steroid dienone is 1. The molecule has 1 heteroatoms. The lowest BCUT2D eigenvalue weighted by Crippen LogP contribution is -2.22. The molecule has 0 aliphatic heterocycles. The van der Waals surface area contributed by atoms with Gasteiger partial charge in [-0.1, -0.05) is 24.3 Å². The van der Waals surface area contributed by atoms with E-state index in [0.29, 0.717) is 0 Å². The summed E-state index contributed by atoms with van der Waals surface area (Å²) in [7, 11) is 0. The van der Waals surface area contributed by atoms with Crippen LogP contribution in [0.1, 0.15) is 33.3 Å². The van der Waals surface area contributed by atoms with E-state index in [1.54, 1.807) is 0 Å². The van der Waals surface area contributed by atoms with Crippen molar-refractivity contribution < 1.29 is 4.74 Å². The highest BCUT2D eigenvalue weighted by atomic mass is 16.5. The van der Waals surface area contributed by atoms with Crippen LogP contribution in [0.15, 0.2) is 30.3 Å². The summed E-state index contributed by atoms with van der Waals surface area (Å²) in [6.45, 7) is 8.16. The SMILES string of the molecule is C/C=C/c1cccc(OC(C)(C)C)c1. The number of hydrogen-bond acceptors (Lipinski definition) is 1. The van der Waals surface area contributed by atoms with Crippen molar-refractivity contribution in [3.05, 3.63) is 35.9 Å². The molecule has 0 atom stereocenters. The second kappa shape index (κ2) is 4.32. The van der Waals surface area contributed by atoms with Gasteiger partial charge < -0.3 is 4.74 Å². The molecule has 1 aromatic rings. The minimum Gasteiger partial charge on any atom is -0.488 e. The van der Waals surface area contributed by atoms with Crippen LogP contribution in [0, 0.1) is 0 Å². The van der Waals surface area contributed by atoms with E-state index in [1.807, 2.05) is 31.2 Å². The summed E-state index contributed by atoms with van der Waals surface area (Å²) in [5, 5.41) is 0. The molecule has 0 heterocycles. The van der Waals surface area contributed by atoms with Gasteiger partial charge in [-0.3, -0.25) is 0 Å². The molecule has 0 amide bonds. The summed E-state index contributed by atoms with van der Waals surface area (Å²) in [6, 6.07) is 8.11. The average Bonchev–Trinajstić information content (AvgIpc) is 2.02. The molecular weight excluding hydrogens is 172 g/mol. The standard InChI is InChI=1S/C13H18O/c1-5-7-11-8-6-9-12(10-11)14-13(2,3)4/h5-10H,1-4H3/b7-5+. The number of hydrogen-bond donors (Lipinski definition) is 0. The minimum absolute atomic E-state index is 0.130. The lowest BCUT2D eigenvalue weighted by Gasteiger charge is -2.21. The van der Waals surface area contributed by atoms with Gasteiger partial charge >= 0.3 is 0 Å². The zero-order valence-corrected chi connectivity index (χ0v) is 9.37. The Morgan fingerprint density at radius 1 is 1.21 bits per heavy atom. The van der Waals surface area contributed by atoms with Crippen molar-refractivity contribution in [2.24, 2.45) is 0 Å². The third-order valence-corrected chi connectivity index (χ3v) is 1.64. The number of rotatable bonds is 2. The molecule has 1 nitrogen and oxygen atoms in total. The second-order valence-corrected chi connectivity index (χ2v) is 4.29. The van der Waals surface area contributed by atoms with E-state index in [0.717, 1.165) is 5.75 Å². The Morgan fingerprint density at radius 2 is 1.93 bits per heavy atom. The van der Waals surface area contributed by atoms with Crippen molar-refractivity contribution >= 4 is 6.08 Å². The largest absolute Gasteiger partial charge is 0.488 e. The Hall–Kier alpha value is -1.24. The fraction of sp³-hybridized carbons (Fsp3) is 0.385. The van der Waals surface area contributed by atoms with E-state index in [4.69, 9.17) is 4.74 Å². The Morgan fingerprint density at radius 3 is 2.50 bits per heavy atom. The molecule has 0 spiro atoms. The molecule has 76 valence electrons. The maximum Gasteiger partial charge on any atom is 0.120 e. The molecule has 0 bridgehead atoms. The predicted octanol–water partition coefficient (Wildman–Crippen LogP) is 3.90. The van der Waals surface area contributed by atoms with E-state index in [9.17, 15) is 0 Å². The smallest absolute Gasteiger partial charge is 0.120 e. The van der Waals surface area contributed by atoms with Gasteiger partial charge in [0, 0.05) is 0 Å². The van der Waals surface area contributed by atoms with Crippen molar-refractivity contribution in [3.8, 4) is 5.75 Å². The van der Waals surface area contributed by atoms with Gasteiger partial charge in [0.1, 0.15) is 11.4 Å². The predicted molar refractivity (Wildman–Crippen MR) is 61.5 cm³/mol. The highest BCUT2D eigenvalue weighted by molar-refractivity contribution is 5.51. The molecule has 0 N–H and O–H groups in total. The molecule has 14 heavy (non-hydrogen) atoms. The van der Waals surface area contributed by atoms with Crippen LogP contribution in [0.4, 0.5) is 0 Å². The summed E-state index contributed by atoms with van der Waals surface area (Å²) >= 11 is 0. The van der Waals surface area contributed by atoms with Crippen molar-refractivity contribution in [3.63, 3.8) is 0 Å². The fourth-order valence-corrected chi connectivity index (χ4v) is 1.23. The zero-order chi connectivity index (χ0) is 10.6. The van der Waals surface area contributed by atoms with Gasteiger partial charge in [0.25, 0.3) is 0 Å². The topological polar surface area (TPSA) is 9.23 Å². The Balaban J connectivity index is 2.84. The Kier molecular flexibility index (Phi) is 3.34. The van der Waals surface area contributed by atoms with Crippen molar-refractivity contribution in [2.45, 2.75) is 33.3 Å². The van der Waals surface area contributed by atoms with Crippen LogP contribution in [0.3, 0.4) is 0 Å². The van der Waals surface area contributed by atoms with Crippen LogP contribution < -0.4 is 4.74 Å². The first-order valence-corrected chi connectivity index (χ1v) is 4.93. The van der Waals surface area contributed by atoms with Gasteiger partial charge in [-0.25, -0.2) is 0 Å². The quantitative estimate of drug-likeness (QED) is 0.687. The first-order chi connectivity index (χ1) is 6.51. The van der Waals surface area contributed by atoms with Gasteiger partial charge in [-0.05, 0) is 45.4 Å². The van der Waals surface area contributed by atoms with Crippen molar-refractivity contribution in [1.29, 1.82) is 0 Å². The van der Waals surface area contributed by atoms with Gasteiger partial charge in [-0.2, -0.15) is 0 Å². The molecule has 1 aromatic carbocycles. The lowest BCUT2D eigenvalue weighted by atomic mass is 10.1. The maximum atomic E-state index is 5.75. The summed E-state index contributed by atoms with van der Waals surface area (Å²) in [4.78, 5) is 0. The molecule has 0 aromatic heterocycles. The van der Waals surface area contributed by atoms with Gasteiger partial charge in [0.15, 0.2) is 0 Å². The first kappa shape index (κ1) is 10.8. The van der Waals surface area contributed by atoms with Gasteiger partial charge in [0.05, 0.1) is 0 Å². The van der Waals surface area contributed by atoms with Crippen LogP contribution in [0.2, 0.25) is 0 Å². The fourth-order valence-electron chi connectivity index (χ4n) is 1.23. The van der Waals surface area contributed by atoms with Crippen LogP contribution in [0.5, 0.6) is 5.75 Å². The van der Waals surface area contributed by atoms with Crippen molar-refractivity contribution in [2.75, 3.05) is 0 Å².